The minimum atomic E-state index is -0.0217. The Bertz CT molecular complexity index is 637. The Labute approximate surface area is 122 Å². The Kier molecular flexibility index (Phi) is 3.61. The van der Waals surface area contributed by atoms with E-state index >= 15 is 0 Å². The number of fused-ring (bicyclic) bond motifs is 1. The van der Waals surface area contributed by atoms with Gasteiger partial charge in [0.25, 0.3) is 5.91 Å². The zero-order valence-electron chi connectivity index (χ0n) is 11.5. The quantitative estimate of drug-likeness (QED) is 0.761. The number of nitrogen functional groups attached to an aromatic ring is 1. The number of aromatic amines is 1. The summed E-state index contributed by atoms with van der Waals surface area (Å²) in [4.78, 5) is 15.4. The molecule has 1 aromatic carbocycles. The van der Waals surface area contributed by atoms with Crippen LogP contribution in [0.15, 0.2) is 24.3 Å². The summed E-state index contributed by atoms with van der Waals surface area (Å²) in [5, 5.41) is 4.78. The molecule has 0 saturated heterocycles. The molecule has 1 heterocycles. The molecule has 0 bridgehead atoms. The van der Waals surface area contributed by atoms with Gasteiger partial charge in [-0.15, -0.1) is 0 Å². The van der Waals surface area contributed by atoms with Crippen LogP contribution in [-0.2, 0) is 0 Å². The van der Waals surface area contributed by atoms with Crippen LogP contribution in [0.3, 0.4) is 0 Å². The zero-order chi connectivity index (χ0) is 14.1. The zero-order valence-corrected chi connectivity index (χ0v) is 12.3. The Morgan fingerprint density at radius 1 is 1.40 bits per heavy atom. The number of H-pyrrole nitrogens is 1. The van der Waals surface area contributed by atoms with E-state index in [1.165, 1.54) is 6.42 Å². The molecule has 0 radical (unpaired) electrons. The number of benzene rings is 1. The van der Waals surface area contributed by atoms with Crippen LogP contribution in [0.1, 0.15) is 29.8 Å². The lowest BCUT2D eigenvalue weighted by atomic mass is 10.2. The number of amides is 1. The number of carbonyl (C=O) groups is 1. The topological polar surface area (TPSA) is 70.9 Å². The Morgan fingerprint density at radius 2 is 2.25 bits per heavy atom. The smallest absolute Gasteiger partial charge is 0.267 e. The predicted octanol–water partition coefficient (Wildman–Crippen LogP) is 2.76. The predicted molar refractivity (Wildman–Crippen MR) is 85.1 cm³/mol. The SMILES string of the molecule is CSC1CCC(NC(=O)c2cc3cc(N)ccc3[nH]2)C1. The number of anilines is 1. The van der Waals surface area contributed by atoms with E-state index in [1.807, 2.05) is 36.0 Å². The largest absolute Gasteiger partial charge is 0.399 e. The standard InChI is InChI=1S/C15H19N3OS/c1-20-12-4-3-11(8-12)17-15(19)14-7-9-6-10(16)2-5-13(9)18-14/h2,5-7,11-12,18H,3-4,8,16H2,1H3,(H,17,19). The molecule has 1 fully saturated rings. The van der Waals surface area contributed by atoms with Crippen LogP contribution in [0.25, 0.3) is 10.9 Å². The second-order valence-corrected chi connectivity index (χ2v) is 6.51. The lowest BCUT2D eigenvalue weighted by molar-refractivity contribution is 0.0934. The van der Waals surface area contributed by atoms with Crippen molar-refractivity contribution in [1.29, 1.82) is 0 Å². The van der Waals surface area contributed by atoms with Gasteiger partial charge < -0.3 is 16.0 Å². The van der Waals surface area contributed by atoms with Crippen LogP contribution in [0.2, 0.25) is 0 Å². The molecule has 2 aromatic rings. The van der Waals surface area contributed by atoms with E-state index in [1.54, 1.807) is 0 Å². The Morgan fingerprint density at radius 3 is 3.00 bits per heavy atom. The first-order chi connectivity index (χ1) is 9.65. The van der Waals surface area contributed by atoms with Gasteiger partial charge in [-0.25, -0.2) is 0 Å². The van der Waals surface area contributed by atoms with Crippen molar-refractivity contribution >= 4 is 34.3 Å². The third-order valence-corrected chi connectivity index (χ3v) is 5.04. The number of nitrogens with two attached hydrogens (primary N) is 1. The molecule has 2 unspecified atom stereocenters. The summed E-state index contributed by atoms with van der Waals surface area (Å²) < 4.78 is 0. The third kappa shape index (κ3) is 2.63. The molecule has 1 amide bonds. The van der Waals surface area contributed by atoms with Gasteiger partial charge in [-0.2, -0.15) is 11.8 Å². The van der Waals surface area contributed by atoms with Gasteiger partial charge in [0.05, 0.1) is 0 Å². The average Bonchev–Trinajstić information content (AvgIpc) is 3.04. The molecule has 0 aliphatic heterocycles. The molecule has 1 saturated carbocycles. The van der Waals surface area contributed by atoms with Gasteiger partial charge in [0.1, 0.15) is 5.69 Å². The van der Waals surface area contributed by atoms with Crippen molar-refractivity contribution in [1.82, 2.24) is 10.3 Å². The van der Waals surface area contributed by atoms with E-state index in [-0.39, 0.29) is 5.91 Å². The third-order valence-electron chi connectivity index (χ3n) is 3.94. The number of aromatic nitrogens is 1. The molecule has 20 heavy (non-hydrogen) atoms. The fourth-order valence-corrected chi connectivity index (χ4v) is 3.62. The van der Waals surface area contributed by atoms with Crippen LogP contribution >= 0.6 is 11.8 Å². The summed E-state index contributed by atoms with van der Waals surface area (Å²) >= 11 is 1.89. The lowest BCUT2D eigenvalue weighted by Gasteiger charge is -2.11. The molecule has 1 aliphatic carbocycles. The maximum atomic E-state index is 12.3. The summed E-state index contributed by atoms with van der Waals surface area (Å²) in [5.74, 6) is -0.0217. The second-order valence-electron chi connectivity index (χ2n) is 5.37. The summed E-state index contributed by atoms with van der Waals surface area (Å²) in [6, 6.07) is 7.78. The van der Waals surface area contributed by atoms with Gasteiger partial charge >= 0.3 is 0 Å². The van der Waals surface area contributed by atoms with Gasteiger partial charge in [0, 0.05) is 27.9 Å². The van der Waals surface area contributed by atoms with Crippen molar-refractivity contribution in [2.45, 2.75) is 30.6 Å². The van der Waals surface area contributed by atoms with E-state index in [0.717, 1.165) is 23.7 Å². The molecular formula is C15H19N3OS. The number of nitrogens with one attached hydrogen (secondary N) is 2. The summed E-state index contributed by atoms with van der Waals surface area (Å²) in [6.45, 7) is 0. The Hall–Kier alpha value is -1.62. The van der Waals surface area contributed by atoms with Crippen LogP contribution in [0.4, 0.5) is 5.69 Å². The number of thioether (sulfide) groups is 1. The highest BCUT2D eigenvalue weighted by Crippen LogP contribution is 2.28. The first-order valence-electron chi connectivity index (χ1n) is 6.87. The first kappa shape index (κ1) is 13.4. The second kappa shape index (κ2) is 5.40. The average molecular weight is 289 g/mol. The highest BCUT2D eigenvalue weighted by molar-refractivity contribution is 7.99. The molecule has 1 aromatic heterocycles. The summed E-state index contributed by atoms with van der Waals surface area (Å²) in [7, 11) is 0. The Balaban J connectivity index is 1.72. The van der Waals surface area contributed by atoms with Crippen LogP contribution in [-0.4, -0.2) is 28.4 Å². The van der Waals surface area contributed by atoms with Gasteiger partial charge in [0.15, 0.2) is 0 Å². The van der Waals surface area contributed by atoms with Gasteiger partial charge in [-0.05, 0) is 49.8 Å². The molecular weight excluding hydrogens is 270 g/mol. The van der Waals surface area contributed by atoms with Crippen molar-refractivity contribution < 1.29 is 4.79 Å². The van der Waals surface area contributed by atoms with Gasteiger partial charge in [-0.3, -0.25) is 4.79 Å². The number of hydrogen-bond acceptors (Lipinski definition) is 3. The van der Waals surface area contributed by atoms with Crippen LogP contribution in [0.5, 0.6) is 0 Å². The van der Waals surface area contributed by atoms with E-state index in [0.29, 0.717) is 22.7 Å². The number of rotatable bonds is 3. The molecule has 4 N–H and O–H groups in total. The van der Waals surface area contributed by atoms with E-state index < -0.39 is 0 Å². The highest BCUT2D eigenvalue weighted by atomic mass is 32.2. The van der Waals surface area contributed by atoms with Crippen LogP contribution < -0.4 is 11.1 Å². The van der Waals surface area contributed by atoms with Crippen molar-refractivity contribution in [2.75, 3.05) is 12.0 Å². The van der Waals surface area contributed by atoms with Crippen molar-refractivity contribution in [2.24, 2.45) is 0 Å². The van der Waals surface area contributed by atoms with E-state index in [2.05, 4.69) is 16.6 Å². The maximum Gasteiger partial charge on any atom is 0.267 e. The van der Waals surface area contributed by atoms with Crippen molar-refractivity contribution in [3.63, 3.8) is 0 Å². The summed E-state index contributed by atoms with van der Waals surface area (Å²) in [6.07, 6.45) is 5.47. The van der Waals surface area contributed by atoms with Gasteiger partial charge in [0.2, 0.25) is 0 Å². The van der Waals surface area contributed by atoms with E-state index in [4.69, 9.17) is 5.73 Å². The molecule has 1 aliphatic rings. The fourth-order valence-electron chi connectivity index (χ4n) is 2.82. The van der Waals surface area contributed by atoms with Crippen LogP contribution in [0, 0.1) is 0 Å². The fraction of sp³-hybridized carbons (Fsp3) is 0.400. The molecule has 2 atom stereocenters. The molecule has 0 spiro atoms. The minimum Gasteiger partial charge on any atom is -0.399 e. The van der Waals surface area contributed by atoms with Crippen molar-refractivity contribution in [3.8, 4) is 0 Å². The molecule has 5 heteroatoms. The monoisotopic (exact) mass is 289 g/mol. The summed E-state index contributed by atoms with van der Waals surface area (Å²) in [5.41, 5.74) is 8.02. The number of carbonyl (C=O) groups excluding carboxylic acids is 1. The molecule has 3 rings (SSSR count). The molecule has 4 nitrogen and oxygen atoms in total. The molecule has 106 valence electrons. The highest BCUT2D eigenvalue weighted by Gasteiger charge is 2.25. The van der Waals surface area contributed by atoms with Crippen molar-refractivity contribution in [3.05, 3.63) is 30.0 Å². The normalized spacial score (nSPS) is 22.2. The van der Waals surface area contributed by atoms with Gasteiger partial charge in [-0.1, -0.05) is 0 Å². The number of hydrogen-bond donors (Lipinski definition) is 3. The maximum absolute atomic E-state index is 12.3. The lowest BCUT2D eigenvalue weighted by Crippen LogP contribution is -2.33. The first-order valence-corrected chi connectivity index (χ1v) is 8.16. The minimum absolute atomic E-state index is 0.0217. The van der Waals surface area contributed by atoms with E-state index in [9.17, 15) is 4.79 Å².